The number of alkyl halides is 6. The molecule has 1 aromatic heterocycles. The van der Waals surface area contributed by atoms with Crippen LogP contribution in [0, 0.1) is 17.0 Å². The number of carbonyl (C=O) groups excluding carboxylic acids is 1. The maximum absolute atomic E-state index is 13.3. The van der Waals surface area contributed by atoms with Gasteiger partial charge < -0.3 is 19.9 Å². The molecule has 274 valence electrons. The largest absolute Gasteiger partial charge is 0.573 e. The predicted molar refractivity (Wildman–Crippen MR) is 167 cm³/mol. The van der Waals surface area contributed by atoms with Gasteiger partial charge in [0.1, 0.15) is 17.4 Å². The van der Waals surface area contributed by atoms with Crippen LogP contribution in [-0.4, -0.2) is 66.0 Å². The lowest BCUT2D eigenvalue weighted by atomic mass is 10.00. The van der Waals surface area contributed by atoms with Crippen LogP contribution in [0.3, 0.4) is 0 Å². The molecule has 0 spiro atoms. The van der Waals surface area contributed by atoms with Gasteiger partial charge in [-0.2, -0.15) is 13.2 Å². The Balaban J connectivity index is 0.000000908. The van der Waals surface area contributed by atoms with Gasteiger partial charge in [0.2, 0.25) is 10.0 Å². The number of methoxy groups -OCH3 is 1. The Morgan fingerprint density at radius 1 is 1.02 bits per heavy atom. The smallest absolute Gasteiger partial charge is 0.475 e. The monoisotopic (exact) mass is 767 g/mol. The van der Waals surface area contributed by atoms with Crippen LogP contribution in [0.4, 0.5) is 37.8 Å². The Morgan fingerprint density at radius 2 is 1.63 bits per heavy atom. The second-order valence-corrected chi connectivity index (χ2v) is 12.3. The van der Waals surface area contributed by atoms with Gasteiger partial charge in [-0.3, -0.25) is 10.1 Å². The number of rotatable bonds is 10. The number of aromatic nitrogens is 2. The number of aryl methyl sites for hydroxylation is 1. The zero-order valence-electron chi connectivity index (χ0n) is 26.0. The molecule has 0 amide bonds. The van der Waals surface area contributed by atoms with Gasteiger partial charge >= 0.3 is 24.5 Å². The third-order valence-electron chi connectivity index (χ3n) is 6.52. The number of para-hydroxylation sites is 1. The highest BCUT2D eigenvalue weighted by atomic mass is 35.5. The van der Waals surface area contributed by atoms with E-state index in [1.54, 1.807) is 19.1 Å². The number of non-ortho nitro benzene ring substituents is 1. The van der Waals surface area contributed by atoms with Crippen molar-refractivity contribution in [1.29, 1.82) is 0 Å². The summed E-state index contributed by atoms with van der Waals surface area (Å²) in [7, 11) is -3.07. The van der Waals surface area contributed by atoms with Gasteiger partial charge in [0.05, 0.1) is 39.1 Å². The summed E-state index contributed by atoms with van der Waals surface area (Å²) in [6, 6.07) is 10.2. The van der Waals surface area contributed by atoms with E-state index in [-0.39, 0.29) is 38.9 Å². The summed E-state index contributed by atoms with van der Waals surface area (Å²) in [6.45, 7) is 3.04. The van der Waals surface area contributed by atoms with Gasteiger partial charge in [-0.25, -0.2) is 32.7 Å². The molecule has 4 rings (SSSR count). The Bertz CT molecular complexity index is 2050. The second kappa shape index (κ2) is 15.7. The molecule has 14 nitrogen and oxygen atoms in total. The highest BCUT2D eigenvalue weighted by Crippen LogP contribution is 2.35. The van der Waals surface area contributed by atoms with Crippen LogP contribution >= 0.6 is 11.6 Å². The number of sulfonamides is 1. The first kappa shape index (κ1) is 40.2. The van der Waals surface area contributed by atoms with Crippen LogP contribution in [0.15, 0.2) is 65.6 Å². The number of hydrogen-bond acceptors (Lipinski definition) is 11. The lowest BCUT2D eigenvalue weighted by Gasteiger charge is -2.28. The maximum Gasteiger partial charge on any atom is 0.573 e. The summed E-state index contributed by atoms with van der Waals surface area (Å²) in [4.78, 5) is 40.1. The first-order valence-electron chi connectivity index (χ1n) is 13.8. The number of nitrogens with one attached hydrogen (secondary N) is 2. The second-order valence-electron chi connectivity index (χ2n) is 10.1. The highest BCUT2D eigenvalue weighted by Gasteiger charge is 2.38. The molecule has 22 heteroatoms. The van der Waals surface area contributed by atoms with E-state index < -0.39 is 62.3 Å². The molecule has 0 bridgehead atoms. The summed E-state index contributed by atoms with van der Waals surface area (Å²) < 4.78 is 108. The average molecular weight is 768 g/mol. The number of nitro benzene ring substituents is 1. The molecule has 51 heavy (non-hydrogen) atoms. The fourth-order valence-electron chi connectivity index (χ4n) is 4.34. The van der Waals surface area contributed by atoms with Crippen LogP contribution in [0.25, 0.3) is 10.9 Å². The number of esters is 1. The average Bonchev–Trinajstić information content (AvgIpc) is 3.02. The molecule has 1 heterocycles. The van der Waals surface area contributed by atoms with Crippen molar-refractivity contribution in [3.63, 3.8) is 0 Å². The quantitative estimate of drug-likeness (QED) is 0.0701. The van der Waals surface area contributed by atoms with E-state index in [4.69, 9.17) is 26.2 Å². The summed E-state index contributed by atoms with van der Waals surface area (Å²) in [5.74, 6) is -3.69. The van der Waals surface area contributed by atoms with Crippen LogP contribution in [0.5, 0.6) is 5.75 Å². The molecule has 0 saturated carbocycles. The number of hydrogen-bond donors (Lipinski definition) is 3. The van der Waals surface area contributed by atoms with Gasteiger partial charge in [0, 0.05) is 23.6 Å². The van der Waals surface area contributed by atoms with Gasteiger partial charge in [-0.1, -0.05) is 23.7 Å². The molecule has 0 aliphatic carbocycles. The number of halogens is 7. The summed E-state index contributed by atoms with van der Waals surface area (Å²) in [5.41, 5.74) is 0.291. The van der Waals surface area contributed by atoms with E-state index >= 15 is 0 Å². The van der Waals surface area contributed by atoms with Gasteiger partial charge in [-0.15, -0.1) is 13.2 Å². The topological polar surface area (TPSA) is 200 Å². The van der Waals surface area contributed by atoms with Crippen LogP contribution in [0.2, 0.25) is 5.02 Å². The molecular formula is C29H24ClF6N5O9S. The van der Waals surface area contributed by atoms with E-state index in [1.165, 1.54) is 32.2 Å². The normalized spacial score (nSPS) is 13.0. The number of nitrogens with zero attached hydrogens (tertiary/aromatic N) is 3. The molecule has 4 aromatic rings. The minimum Gasteiger partial charge on any atom is -0.475 e. The van der Waals surface area contributed by atoms with Gasteiger partial charge in [-0.05, 0) is 55.8 Å². The minimum atomic E-state index is -5.08. The van der Waals surface area contributed by atoms with Crippen LogP contribution in [0.1, 0.15) is 34.7 Å². The number of aliphatic carboxylic acids is 1. The Hall–Kier alpha value is -5.28. The molecule has 3 N–H and O–H groups in total. The lowest BCUT2D eigenvalue weighted by Crippen LogP contribution is -2.40. The van der Waals surface area contributed by atoms with E-state index in [0.717, 1.165) is 30.3 Å². The number of benzene rings is 3. The van der Waals surface area contributed by atoms with Crippen molar-refractivity contribution in [2.45, 2.75) is 43.4 Å². The van der Waals surface area contributed by atoms with Gasteiger partial charge in [0.25, 0.3) is 5.69 Å². The van der Waals surface area contributed by atoms with E-state index in [2.05, 4.69) is 24.7 Å². The molecule has 0 aliphatic rings. The number of carbonyl (C=O) groups is 2. The van der Waals surface area contributed by atoms with Crippen molar-refractivity contribution in [2.75, 3.05) is 12.4 Å². The first-order valence-corrected chi connectivity index (χ1v) is 15.6. The molecular weight excluding hydrogens is 744 g/mol. The molecule has 0 fully saturated rings. The zero-order chi connectivity index (χ0) is 38.5. The van der Waals surface area contributed by atoms with Crippen LogP contribution < -0.4 is 14.8 Å². The molecule has 3 aromatic carbocycles. The number of carboxylic acids is 1. The molecule has 0 saturated heterocycles. The fraction of sp³-hybridized carbons (Fsp3) is 0.241. The summed E-state index contributed by atoms with van der Waals surface area (Å²) >= 11 is 6.12. The van der Waals surface area contributed by atoms with Crippen molar-refractivity contribution >= 4 is 56.0 Å². The molecule has 2 atom stereocenters. The summed E-state index contributed by atoms with van der Waals surface area (Å²) in [5, 5.41) is 21.2. The Labute approximate surface area is 288 Å². The SMILES string of the molecule is COC(=O)c1cccc2c(N[C@@H](c3ccc(OC(F)(F)F)c(Cl)c3)C(C)NS(=O)(=O)c3ccc([N+](=O)[O-])cc3)nc(C)nc12.O=C(O)C(F)(F)F. The van der Waals surface area contributed by atoms with E-state index in [0.29, 0.717) is 5.39 Å². The summed E-state index contributed by atoms with van der Waals surface area (Å²) in [6.07, 6.45) is -10.1. The Morgan fingerprint density at radius 3 is 2.14 bits per heavy atom. The van der Waals surface area contributed by atoms with Crippen molar-refractivity contribution in [3.05, 3.63) is 92.8 Å². The molecule has 1 unspecified atom stereocenters. The van der Waals surface area contributed by atoms with Crippen molar-refractivity contribution in [3.8, 4) is 5.75 Å². The third-order valence-corrected chi connectivity index (χ3v) is 8.39. The van der Waals surface area contributed by atoms with Gasteiger partial charge in [0.15, 0.2) is 0 Å². The lowest BCUT2D eigenvalue weighted by molar-refractivity contribution is -0.384. The minimum absolute atomic E-state index is 0.138. The predicted octanol–water partition coefficient (Wildman–Crippen LogP) is 6.34. The zero-order valence-corrected chi connectivity index (χ0v) is 27.6. The fourth-order valence-corrected chi connectivity index (χ4v) is 5.82. The Kier molecular flexibility index (Phi) is 12.4. The third kappa shape index (κ3) is 10.6. The maximum atomic E-state index is 13.3. The standard InChI is InChI=1S/C27H23ClF3N5O7S.C2HF3O2/c1-14(35-44(40,41)18-10-8-17(9-11-18)36(38)39)23(16-7-12-22(21(28)13-16)43-27(29,30)31)34-25-19-5-4-6-20(26(37)42-3)24(19)32-15(2)33-25;3-2(4,5)1(6)7/h4-14,23,35H,1-3H3,(H,32,33,34);(H,6,7)/t14?,23-;/m1./s1. The number of nitro groups is 1. The number of carboxylic acid groups (broad SMARTS) is 1. The van der Waals surface area contributed by atoms with E-state index in [9.17, 15) is 49.7 Å². The number of anilines is 1. The van der Waals surface area contributed by atoms with Crippen molar-refractivity contribution in [1.82, 2.24) is 14.7 Å². The van der Waals surface area contributed by atoms with E-state index in [1.807, 2.05) is 0 Å². The molecule has 0 aliphatic heterocycles. The van der Waals surface area contributed by atoms with Crippen LogP contribution in [-0.2, 0) is 19.6 Å². The molecule has 0 radical (unpaired) electrons. The number of fused-ring (bicyclic) bond motifs is 1. The van der Waals surface area contributed by atoms with Crippen molar-refractivity contribution < 1.29 is 63.9 Å². The highest BCUT2D eigenvalue weighted by molar-refractivity contribution is 7.89. The van der Waals surface area contributed by atoms with Crippen molar-refractivity contribution in [2.24, 2.45) is 0 Å². The number of ether oxygens (including phenoxy) is 2. The first-order chi connectivity index (χ1) is 23.5.